The highest BCUT2D eigenvalue weighted by Gasteiger charge is 2.08. The molecule has 1 aromatic carbocycles. The van der Waals surface area contributed by atoms with E-state index in [2.05, 4.69) is 23.8 Å². The number of aliphatic imine (C=N–C) groups is 1. The second kappa shape index (κ2) is 6.36. The van der Waals surface area contributed by atoms with Gasteiger partial charge in [0.15, 0.2) is 0 Å². The molecule has 2 rings (SSSR count). The zero-order valence-electron chi connectivity index (χ0n) is 10.6. The average molecular weight is 256 g/mol. The van der Waals surface area contributed by atoms with E-state index in [9.17, 15) is 0 Å². The maximum atomic E-state index is 4.69. The minimum Gasteiger partial charge on any atom is -0.254 e. The maximum absolute atomic E-state index is 4.69. The number of rotatable bonds is 3. The number of pyridine rings is 1. The molecule has 2 aromatic rings. The van der Waals surface area contributed by atoms with E-state index in [0.717, 1.165) is 16.4 Å². The highest BCUT2D eigenvalue weighted by atomic mass is 32.2. The van der Waals surface area contributed by atoms with Crippen molar-refractivity contribution in [2.24, 2.45) is 4.99 Å². The van der Waals surface area contributed by atoms with E-state index in [-0.39, 0.29) is 0 Å². The molecule has 0 atom stereocenters. The first kappa shape index (κ1) is 12.8. The van der Waals surface area contributed by atoms with Gasteiger partial charge in [-0.15, -0.1) is 11.8 Å². The van der Waals surface area contributed by atoms with E-state index in [1.165, 1.54) is 0 Å². The lowest BCUT2D eigenvalue weighted by atomic mass is 10.3. The van der Waals surface area contributed by atoms with Crippen LogP contribution in [0.1, 0.15) is 19.5 Å². The van der Waals surface area contributed by atoms with E-state index < -0.39 is 0 Å². The SMILES string of the molecule is CC(C)SC(=Nc1ccccc1)c1ccccn1. The number of hydrogen-bond acceptors (Lipinski definition) is 3. The molecule has 0 bridgehead atoms. The van der Waals surface area contributed by atoms with Crippen molar-refractivity contribution >= 4 is 22.5 Å². The van der Waals surface area contributed by atoms with Crippen LogP contribution in [0.15, 0.2) is 59.7 Å². The van der Waals surface area contributed by atoms with Crippen LogP contribution in [0.25, 0.3) is 0 Å². The van der Waals surface area contributed by atoms with E-state index in [0.29, 0.717) is 5.25 Å². The summed E-state index contributed by atoms with van der Waals surface area (Å²) in [7, 11) is 0. The normalized spacial score (nSPS) is 11.8. The third kappa shape index (κ3) is 3.70. The predicted molar refractivity (Wildman–Crippen MR) is 79.6 cm³/mol. The Morgan fingerprint density at radius 2 is 1.78 bits per heavy atom. The van der Waals surface area contributed by atoms with Gasteiger partial charge in [-0.05, 0) is 24.3 Å². The fraction of sp³-hybridized carbons (Fsp3) is 0.200. The van der Waals surface area contributed by atoms with Crippen molar-refractivity contribution < 1.29 is 0 Å². The van der Waals surface area contributed by atoms with Crippen molar-refractivity contribution in [2.75, 3.05) is 0 Å². The summed E-state index contributed by atoms with van der Waals surface area (Å²) in [4.78, 5) is 9.06. The molecule has 1 heterocycles. The molecule has 1 aromatic heterocycles. The number of nitrogens with zero attached hydrogens (tertiary/aromatic N) is 2. The molecule has 0 spiro atoms. The first-order valence-electron chi connectivity index (χ1n) is 5.97. The van der Waals surface area contributed by atoms with Gasteiger partial charge in [-0.2, -0.15) is 0 Å². The fourth-order valence-electron chi connectivity index (χ4n) is 1.48. The summed E-state index contributed by atoms with van der Waals surface area (Å²) >= 11 is 1.73. The number of hydrogen-bond donors (Lipinski definition) is 0. The zero-order chi connectivity index (χ0) is 12.8. The van der Waals surface area contributed by atoms with Crippen LogP contribution < -0.4 is 0 Å². The van der Waals surface area contributed by atoms with E-state index >= 15 is 0 Å². The highest BCUT2D eigenvalue weighted by Crippen LogP contribution is 2.21. The van der Waals surface area contributed by atoms with Crippen molar-refractivity contribution in [1.29, 1.82) is 0 Å². The van der Waals surface area contributed by atoms with E-state index in [4.69, 9.17) is 0 Å². The molecule has 0 unspecified atom stereocenters. The Hall–Kier alpha value is -1.61. The summed E-state index contributed by atoms with van der Waals surface area (Å²) < 4.78 is 0. The number of para-hydroxylation sites is 1. The standard InChI is InChI=1S/C15H16N2S/c1-12(2)18-15(14-10-6-7-11-16-14)17-13-8-4-3-5-9-13/h3-12H,1-2H3. The van der Waals surface area contributed by atoms with Crippen molar-refractivity contribution in [3.8, 4) is 0 Å². The molecule has 0 radical (unpaired) electrons. The van der Waals surface area contributed by atoms with Crippen LogP contribution in [0.2, 0.25) is 0 Å². The van der Waals surface area contributed by atoms with Crippen molar-refractivity contribution in [2.45, 2.75) is 19.1 Å². The quantitative estimate of drug-likeness (QED) is 0.604. The summed E-state index contributed by atoms with van der Waals surface area (Å²) in [6.07, 6.45) is 1.80. The summed E-state index contributed by atoms with van der Waals surface area (Å²) in [5.74, 6) is 0. The molecule has 3 heteroatoms. The molecular formula is C15H16N2S. The van der Waals surface area contributed by atoms with Gasteiger partial charge in [0.05, 0.1) is 11.4 Å². The Morgan fingerprint density at radius 3 is 2.39 bits per heavy atom. The first-order chi connectivity index (χ1) is 8.75. The topological polar surface area (TPSA) is 25.2 Å². The molecule has 0 N–H and O–H groups in total. The predicted octanol–water partition coefficient (Wildman–Crippen LogP) is 4.30. The average Bonchev–Trinajstić information content (AvgIpc) is 2.40. The molecular weight excluding hydrogens is 240 g/mol. The first-order valence-corrected chi connectivity index (χ1v) is 6.85. The molecule has 0 saturated carbocycles. The Morgan fingerprint density at radius 1 is 1.06 bits per heavy atom. The molecule has 0 aliphatic carbocycles. The van der Waals surface area contributed by atoms with Gasteiger partial charge in [-0.3, -0.25) is 4.98 Å². The molecule has 0 amide bonds. The fourth-order valence-corrected chi connectivity index (χ4v) is 2.32. The van der Waals surface area contributed by atoms with Crippen molar-refractivity contribution in [1.82, 2.24) is 4.98 Å². The Balaban J connectivity index is 2.34. The summed E-state index contributed by atoms with van der Waals surface area (Å²) in [6, 6.07) is 15.9. The smallest absolute Gasteiger partial charge is 0.123 e. The van der Waals surface area contributed by atoms with Gasteiger partial charge in [0, 0.05) is 11.4 Å². The molecule has 0 aliphatic rings. The Bertz CT molecular complexity index is 507. The van der Waals surface area contributed by atoms with Gasteiger partial charge >= 0.3 is 0 Å². The van der Waals surface area contributed by atoms with Gasteiger partial charge in [-0.25, -0.2) is 4.99 Å². The Kier molecular flexibility index (Phi) is 4.53. The monoisotopic (exact) mass is 256 g/mol. The number of thioether (sulfide) groups is 1. The summed E-state index contributed by atoms with van der Waals surface area (Å²) in [6.45, 7) is 4.32. The van der Waals surface area contributed by atoms with Crippen LogP contribution in [-0.2, 0) is 0 Å². The second-order valence-corrected chi connectivity index (χ2v) is 5.70. The molecule has 0 fully saturated rings. The zero-order valence-corrected chi connectivity index (χ0v) is 11.4. The molecule has 0 aliphatic heterocycles. The minimum atomic E-state index is 0.481. The van der Waals surface area contributed by atoms with Crippen LogP contribution in [-0.4, -0.2) is 15.3 Å². The van der Waals surface area contributed by atoms with Crippen LogP contribution in [0.5, 0.6) is 0 Å². The van der Waals surface area contributed by atoms with Gasteiger partial charge < -0.3 is 0 Å². The van der Waals surface area contributed by atoms with E-state index in [1.807, 2.05) is 48.5 Å². The van der Waals surface area contributed by atoms with Crippen molar-refractivity contribution in [3.63, 3.8) is 0 Å². The van der Waals surface area contributed by atoms with Crippen LogP contribution in [0, 0.1) is 0 Å². The van der Waals surface area contributed by atoms with E-state index in [1.54, 1.807) is 18.0 Å². The molecule has 18 heavy (non-hydrogen) atoms. The lowest BCUT2D eigenvalue weighted by molar-refractivity contribution is 1.12. The Labute approximate surface area is 112 Å². The van der Waals surface area contributed by atoms with Crippen LogP contribution in [0.3, 0.4) is 0 Å². The van der Waals surface area contributed by atoms with Crippen molar-refractivity contribution in [3.05, 3.63) is 60.4 Å². The van der Waals surface area contributed by atoms with Gasteiger partial charge in [0.25, 0.3) is 0 Å². The molecule has 92 valence electrons. The van der Waals surface area contributed by atoms with Gasteiger partial charge in [0.2, 0.25) is 0 Å². The number of benzene rings is 1. The highest BCUT2D eigenvalue weighted by molar-refractivity contribution is 8.14. The second-order valence-electron chi connectivity index (χ2n) is 4.13. The minimum absolute atomic E-state index is 0.481. The third-order valence-electron chi connectivity index (χ3n) is 2.22. The lowest BCUT2D eigenvalue weighted by Gasteiger charge is -2.08. The largest absolute Gasteiger partial charge is 0.254 e. The summed E-state index contributed by atoms with van der Waals surface area (Å²) in [5.41, 5.74) is 1.89. The third-order valence-corrected chi connectivity index (χ3v) is 3.21. The summed E-state index contributed by atoms with van der Waals surface area (Å²) in [5, 5.41) is 1.45. The number of aromatic nitrogens is 1. The van der Waals surface area contributed by atoms with Gasteiger partial charge in [0.1, 0.15) is 5.04 Å². The molecule has 0 saturated heterocycles. The van der Waals surface area contributed by atoms with Crippen LogP contribution in [0.4, 0.5) is 5.69 Å². The van der Waals surface area contributed by atoms with Gasteiger partial charge in [-0.1, -0.05) is 38.1 Å². The van der Waals surface area contributed by atoms with Crippen LogP contribution >= 0.6 is 11.8 Å². The molecule has 2 nitrogen and oxygen atoms in total. The lowest BCUT2D eigenvalue weighted by Crippen LogP contribution is -2.02. The maximum Gasteiger partial charge on any atom is 0.123 e.